The van der Waals surface area contributed by atoms with Gasteiger partial charge in [-0.1, -0.05) is 23.8 Å². The van der Waals surface area contributed by atoms with Gasteiger partial charge >= 0.3 is 0 Å². The van der Waals surface area contributed by atoms with Crippen LogP contribution in [0.4, 0.5) is 5.95 Å². The lowest BCUT2D eigenvalue weighted by Crippen LogP contribution is -2.35. The molecule has 0 aliphatic carbocycles. The predicted molar refractivity (Wildman–Crippen MR) is 100 cm³/mol. The van der Waals surface area contributed by atoms with Gasteiger partial charge in [0, 0.05) is 31.5 Å². The number of rotatable bonds is 6. The monoisotopic (exact) mass is 377 g/mol. The van der Waals surface area contributed by atoms with Crippen LogP contribution in [0.2, 0.25) is 0 Å². The Morgan fingerprint density at radius 2 is 2.08 bits per heavy atom. The van der Waals surface area contributed by atoms with E-state index in [4.69, 9.17) is 9.26 Å². The molecule has 1 unspecified atom stereocenters. The van der Waals surface area contributed by atoms with Gasteiger partial charge in [-0.3, -0.25) is 4.57 Å². The number of aryl methyl sites for hydroxylation is 1. The van der Waals surface area contributed by atoms with Crippen molar-refractivity contribution < 1.29 is 9.26 Å². The van der Waals surface area contributed by atoms with Gasteiger partial charge in [0.25, 0.3) is 0 Å². The van der Waals surface area contributed by atoms with Gasteiger partial charge in [0.1, 0.15) is 5.76 Å². The minimum Gasteiger partial charge on any atom is -0.376 e. The molecule has 2 saturated heterocycles. The molecule has 0 spiro atoms. The van der Waals surface area contributed by atoms with Crippen molar-refractivity contribution in [3.63, 3.8) is 0 Å². The van der Waals surface area contributed by atoms with E-state index in [2.05, 4.69) is 31.7 Å². The van der Waals surface area contributed by atoms with E-state index in [0.717, 1.165) is 73.3 Å². The Bertz CT molecular complexity index is 717. The van der Waals surface area contributed by atoms with Gasteiger partial charge < -0.3 is 14.2 Å². The quantitative estimate of drug-likeness (QED) is 0.716. The van der Waals surface area contributed by atoms with Gasteiger partial charge in [0.2, 0.25) is 5.95 Å². The number of hydrogen-bond acceptors (Lipinski definition) is 7. The maximum atomic E-state index is 5.88. The highest BCUT2D eigenvalue weighted by atomic mass is 32.2. The molecule has 0 saturated carbocycles. The standard InChI is InChI=1S/C18H27N5O2S/c1-13-5-7-22(8-6-13)17-19-20-18(23(17)11-16-4-3-9-24-16)26-12-15-10-14(2)25-21-15/h10,13,16H,3-9,11-12H2,1-2H3. The van der Waals surface area contributed by atoms with E-state index in [0.29, 0.717) is 0 Å². The van der Waals surface area contributed by atoms with Crippen molar-refractivity contribution in [3.05, 3.63) is 17.5 Å². The van der Waals surface area contributed by atoms with Crippen molar-refractivity contribution in [2.45, 2.75) is 63.1 Å². The first kappa shape index (κ1) is 17.9. The third-order valence-corrected chi connectivity index (χ3v) is 6.20. The fourth-order valence-corrected chi connectivity index (χ4v) is 4.43. The second-order valence-corrected chi connectivity index (χ2v) is 8.36. The Kier molecular flexibility index (Phi) is 5.49. The van der Waals surface area contributed by atoms with Crippen LogP contribution in [-0.4, -0.2) is 45.7 Å². The lowest BCUT2D eigenvalue weighted by atomic mass is 10.00. The second-order valence-electron chi connectivity index (χ2n) is 7.42. The molecule has 4 rings (SSSR count). The molecule has 0 N–H and O–H groups in total. The van der Waals surface area contributed by atoms with Crippen LogP contribution in [-0.2, 0) is 17.0 Å². The highest BCUT2D eigenvalue weighted by molar-refractivity contribution is 7.98. The van der Waals surface area contributed by atoms with Gasteiger partial charge in [-0.05, 0) is 38.5 Å². The summed E-state index contributed by atoms with van der Waals surface area (Å²) in [6.45, 7) is 8.04. The zero-order valence-electron chi connectivity index (χ0n) is 15.6. The summed E-state index contributed by atoms with van der Waals surface area (Å²) in [6, 6.07) is 1.97. The van der Waals surface area contributed by atoms with Gasteiger partial charge in [-0.15, -0.1) is 10.2 Å². The molecule has 2 fully saturated rings. The van der Waals surface area contributed by atoms with Crippen molar-refractivity contribution >= 4 is 17.7 Å². The summed E-state index contributed by atoms with van der Waals surface area (Å²) >= 11 is 1.67. The third-order valence-electron chi connectivity index (χ3n) is 5.20. The zero-order valence-corrected chi connectivity index (χ0v) is 16.4. The highest BCUT2D eigenvalue weighted by Crippen LogP contribution is 2.29. The first-order valence-electron chi connectivity index (χ1n) is 9.54. The maximum Gasteiger partial charge on any atom is 0.228 e. The molecular weight excluding hydrogens is 350 g/mol. The fourth-order valence-electron chi connectivity index (χ4n) is 3.61. The molecule has 1 atom stereocenters. The Balaban J connectivity index is 1.51. The van der Waals surface area contributed by atoms with Gasteiger partial charge in [0.15, 0.2) is 5.16 Å². The minimum atomic E-state index is 0.266. The zero-order chi connectivity index (χ0) is 17.9. The van der Waals surface area contributed by atoms with Crippen LogP contribution < -0.4 is 4.90 Å². The van der Waals surface area contributed by atoms with Crippen molar-refractivity contribution in [1.29, 1.82) is 0 Å². The normalized spacial score (nSPS) is 21.6. The Morgan fingerprint density at radius 1 is 1.23 bits per heavy atom. The van der Waals surface area contributed by atoms with E-state index >= 15 is 0 Å². The van der Waals surface area contributed by atoms with Crippen LogP contribution >= 0.6 is 11.8 Å². The number of aromatic nitrogens is 4. The summed E-state index contributed by atoms with van der Waals surface area (Å²) in [5, 5.41) is 14.1. The fraction of sp³-hybridized carbons (Fsp3) is 0.722. The van der Waals surface area contributed by atoms with Crippen LogP contribution in [0.1, 0.15) is 44.1 Å². The topological polar surface area (TPSA) is 69.2 Å². The minimum absolute atomic E-state index is 0.266. The molecule has 7 nitrogen and oxygen atoms in total. The van der Waals surface area contributed by atoms with E-state index in [-0.39, 0.29) is 6.10 Å². The van der Waals surface area contributed by atoms with Crippen molar-refractivity contribution in [1.82, 2.24) is 19.9 Å². The Hall–Kier alpha value is -1.54. The molecule has 142 valence electrons. The average molecular weight is 378 g/mol. The van der Waals surface area contributed by atoms with Crippen LogP contribution in [0.3, 0.4) is 0 Å². The summed E-state index contributed by atoms with van der Waals surface area (Å²) in [5.74, 6) is 3.36. The Labute approximate surface area is 158 Å². The van der Waals surface area contributed by atoms with Crippen LogP contribution in [0.15, 0.2) is 15.7 Å². The molecule has 2 aliphatic heterocycles. The molecule has 0 radical (unpaired) electrons. The molecule has 2 aromatic heterocycles. The van der Waals surface area contributed by atoms with Crippen molar-refractivity contribution in [2.24, 2.45) is 5.92 Å². The second kappa shape index (κ2) is 8.00. The van der Waals surface area contributed by atoms with E-state index in [9.17, 15) is 0 Å². The molecule has 4 heterocycles. The lowest BCUT2D eigenvalue weighted by Gasteiger charge is -2.31. The van der Waals surface area contributed by atoms with Gasteiger partial charge in [-0.2, -0.15) is 0 Å². The summed E-state index contributed by atoms with van der Waals surface area (Å²) in [4.78, 5) is 2.38. The molecular formula is C18H27N5O2S. The number of nitrogens with zero attached hydrogens (tertiary/aromatic N) is 5. The third kappa shape index (κ3) is 4.06. The van der Waals surface area contributed by atoms with Crippen LogP contribution in [0.5, 0.6) is 0 Å². The van der Waals surface area contributed by atoms with E-state index in [1.54, 1.807) is 11.8 Å². The van der Waals surface area contributed by atoms with Crippen LogP contribution in [0.25, 0.3) is 0 Å². The first-order chi connectivity index (χ1) is 12.7. The molecule has 0 bridgehead atoms. The van der Waals surface area contributed by atoms with E-state index in [1.165, 1.54) is 12.8 Å². The van der Waals surface area contributed by atoms with Crippen molar-refractivity contribution in [2.75, 3.05) is 24.6 Å². The highest BCUT2D eigenvalue weighted by Gasteiger charge is 2.26. The smallest absolute Gasteiger partial charge is 0.228 e. The molecule has 0 amide bonds. The number of anilines is 1. The molecule has 26 heavy (non-hydrogen) atoms. The summed E-state index contributed by atoms with van der Waals surface area (Å²) < 4.78 is 13.3. The van der Waals surface area contributed by atoms with Crippen molar-refractivity contribution in [3.8, 4) is 0 Å². The predicted octanol–water partition coefficient (Wildman–Crippen LogP) is 3.28. The lowest BCUT2D eigenvalue weighted by molar-refractivity contribution is 0.0951. The SMILES string of the molecule is Cc1cc(CSc2nnc(N3CCC(C)CC3)n2CC2CCCO2)no1. The molecule has 0 aromatic carbocycles. The molecule has 2 aromatic rings. The largest absolute Gasteiger partial charge is 0.376 e. The number of piperidine rings is 1. The molecule has 2 aliphatic rings. The summed E-state index contributed by atoms with van der Waals surface area (Å²) in [7, 11) is 0. The molecule has 8 heteroatoms. The van der Waals surface area contributed by atoms with Gasteiger partial charge in [0.05, 0.1) is 18.3 Å². The van der Waals surface area contributed by atoms with E-state index < -0.39 is 0 Å². The van der Waals surface area contributed by atoms with Gasteiger partial charge in [-0.25, -0.2) is 0 Å². The number of hydrogen-bond donors (Lipinski definition) is 0. The van der Waals surface area contributed by atoms with E-state index in [1.807, 2.05) is 13.0 Å². The number of thioether (sulfide) groups is 1. The number of ether oxygens (including phenoxy) is 1. The van der Waals surface area contributed by atoms with Crippen LogP contribution in [0, 0.1) is 12.8 Å². The average Bonchev–Trinajstić information content (AvgIpc) is 3.37. The maximum absolute atomic E-state index is 5.88. The summed E-state index contributed by atoms with van der Waals surface area (Å²) in [5.41, 5.74) is 0.938. The Morgan fingerprint density at radius 3 is 2.77 bits per heavy atom. The first-order valence-corrected chi connectivity index (χ1v) is 10.5. The summed E-state index contributed by atoms with van der Waals surface area (Å²) in [6.07, 6.45) is 4.95.